The van der Waals surface area contributed by atoms with Crippen LogP contribution in [0.3, 0.4) is 0 Å². The minimum absolute atomic E-state index is 0.0667. The van der Waals surface area contributed by atoms with E-state index in [0.717, 1.165) is 65.5 Å². The fraction of sp³-hybridized carbons (Fsp3) is 0.341. The van der Waals surface area contributed by atoms with Crippen LogP contribution < -0.4 is 20.9 Å². The SMILES string of the molecule is Cc1ccc(-n2nc(C(C)(C)C)cc2NC(=O)Nc2cccc(C(C(=O)c3ccc(N(C)c4nc(C)cc(C)n4)cc3)C3CCNCC3)c2)cc1. The van der Waals surface area contributed by atoms with Gasteiger partial charge in [0, 0.05) is 46.9 Å². The lowest BCUT2D eigenvalue weighted by atomic mass is 9.76. The first-order valence-corrected chi connectivity index (χ1v) is 17.6. The molecule has 6 rings (SSSR count). The number of Topliss-reactive ketones (excluding diaryl/α,β-unsaturated/α-hetero) is 1. The van der Waals surface area contributed by atoms with Gasteiger partial charge in [0.25, 0.3) is 0 Å². The summed E-state index contributed by atoms with van der Waals surface area (Å²) in [4.78, 5) is 39.0. The van der Waals surface area contributed by atoms with Gasteiger partial charge in [-0.25, -0.2) is 19.4 Å². The molecule has 10 heteroatoms. The monoisotopic (exact) mass is 684 g/mol. The highest BCUT2D eigenvalue weighted by Crippen LogP contribution is 2.36. The van der Waals surface area contributed by atoms with Crippen LogP contribution in [0.4, 0.5) is 27.9 Å². The van der Waals surface area contributed by atoms with Gasteiger partial charge < -0.3 is 15.5 Å². The molecule has 0 radical (unpaired) electrons. The number of rotatable bonds is 9. The van der Waals surface area contributed by atoms with Gasteiger partial charge in [-0.05, 0) is 113 Å². The summed E-state index contributed by atoms with van der Waals surface area (Å²) in [6.07, 6.45) is 1.77. The second-order valence-corrected chi connectivity index (χ2v) is 14.6. The van der Waals surface area contributed by atoms with Crippen LogP contribution in [-0.2, 0) is 5.41 Å². The first kappa shape index (κ1) is 35.5. The predicted molar refractivity (Wildman–Crippen MR) is 205 cm³/mol. The van der Waals surface area contributed by atoms with Crippen molar-refractivity contribution in [3.8, 4) is 5.69 Å². The number of aromatic nitrogens is 4. The Hall–Kier alpha value is -5.35. The number of hydrogen-bond donors (Lipinski definition) is 3. The molecule has 1 aliphatic rings. The van der Waals surface area contributed by atoms with E-state index in [1.807, 2.05) is 118 Å². The van der Waals surface area contributed by atoms with E-state index in [0.29, 0.717) is 23.0 Å². The maximum atomic E-state index is 14.4. The Kier molecular flexibility index (Phi) is 10.3. The smallest absolute Gasteiger partial charge is 0.317 e. The van der Waals surface area contributed by atoms with Crippen molar-refractivity contribution in [1.29, 1.82) is 0 Å². The summed E-state index contributed by atoms with van der Waals surface area (Å²) in [6, 6.07) is 26.9. The average Bonchev–Trinajstić information content (AvgIpc) is 3.53. The van der Waals surface area contributed by atoms with Gasteiger partial charge in [-0.2, -0.15) is 5.10 Å². The highest BCUT2D eigenvalue weighted by atomic mass is 16.2. The van der Waals surface area contributed by atoms with Crippen molar-refractivity contribution < 1.29 is 9.59 Å². The van der Waals surface area contributed by atoms with E-state index >= 15 is 0 Å². The lowest BCUT2D eigenvalue weighted by molar-refractivity contribution is 0.0916. The maximum Gasteiger partial charge on any atom is 0.324 e. The number of aryl methyl sites for hydroxylation is 3. The van der Waals surface area contributed by atoms with Crippen LogP contribution in [0.25, 0.3) is 5.69 Å². The standard InChI is InChI=1S/C41H48N8O2/c1-26-11-15-34(16-12-26)49-36(25-35(47-49)41(4,5)6)46-40(51)45-32-10-8-9-31(24-32)37(29-19-21-42-22-20-29)38(50)30-13-17-33(18-14-30)48(7)39-43-27(2)23-28(3)44-39/h8-18,23-25,29,37,42H,19-22H2,1-7H3,(H2,45,46,51). The minimum atomic E-state index is -0.391. The van der Waals surface area contributed by atoms with Crippen molar-refractivity contribution in [3.05, 3.63) is 119 Å². The second-order valence-electron chi connectivity index (χ2n) is 14.6. The van der Waals surface area contributed by atoms with Crippen LogP contribution in [0.2, 0.25) is 0 Å². The number of ketones is 1. The third-order valence-corrected chi connectivity index (χ3v) is 9.45. The van der Waals surface area contributed by atoms with Gasteiger partial charge in [-0.1, -0.05) is 50.6 Å². The van der Waals surface area contributed by atoms with Gasteiger partial charge in [0.05, 0.1) is 17.3 Å². The number of anilines is 4. The highest BCUT2D eigenvalue weighted by molar-refractivity contribution is 6.02. The van der Waals surface area contributed by atoms with Gasteiger partial charge in [-0.15, -0.1) is 0 Å². The number of nitrogens with zero attached hydrogens (tertiary/aromatic N) is 5. The average molecular weight is 685 g/mol. The van der Waals surface area contributed by atoms with E-state index in [1.165, 1.54) is 0 Å². The fourth-order valence-electron chi connectivity index (χ4n) is 6.62. The van der Waals surface area contributed by atoms with Crippen LogP contribution in [0.5, 0.6) is 0 Å². The molecular weight excluding hydrogens is 637 g/mol. The largest absolute Gasteiger partial charge is 0.324 e. The molecule has 0 saturated carbocycles. The van der Waals surface area contributed by atoms with Gasteiger partial charge in [-0.3, -0.25) is 10.1 Å². The quantitative estimate of drug-likeness (QED) is 0.134. The molecule has 1 fully saturated rings. The van der Waals surface area contributed by atoms with Gasteiger partial charge in [0.1, 0.15) is 5.82 Å². The van der Waals surface area contributed by atoms with E-state index in [2.05, 4.69) is 46.7 Å². The molecule has 0 bridgehead atoms. The van der Waals surface area contributed by atoms with Crippen molar-refractivity contribution in [3.63, 3.8) is 0 Å². The first-order chi connectivity index (χ1) is 24.4. The van der Waals surface area contributed by atoms with Crippen LogP contribution in [0.15, 0.2) is 84.9 Å². The molecule has 2 aromatic heterocycles. The number of benzene rings is 3. The van der Waals surface area contributed by atoms with Gasteiger partial charge in [0.2, 0.25) is 5.95 Å². The summed E-state index contributed by atoms with van der Waals surface area (Å²) in [5.41, 5.74) is 7.49. The van der Waals surface area contributed by atoms with Crippen LogP contribution in [-0.4, -0.2) is 51.7 Å². The molecular formula is C41H48N8O2. The Bertz CT molecular complexity index is 1980. The number of carbonyl (C=O) groups is 2. The Morgan fingerprint density at radius 1 is 0.863 bits per heavy atom. The van der Waals surface area contributed by atoms with Crippen molar-refractivity contribution in [1.82, 2.24) is 25.1 Å². The molecule has 0 aliphatic carbocycles. The number of nitrogens with one attached hydrogen (secondary N) is 3. The van der Waals surface area contributed by atoms with Crippen molar-refractivity contribution in [2.75, 3.05) is 35.7 Å². The zero-order valence-electron chi connectivity index (χ0n) is 30.6. The molecule has 51 heavy (non-hydrogen) atoms. The zero-order chi connectivity index (χ0) is 36.3. The van der Waals surface area contributed by atoms with Crippen LogP contribution >= 0.6 is 0 Å². The molecule has 3 N–H and O–H groups in total. The first-order valence-electron chi connectivity index (χ1n) is 17.6. The van der Waals surface area contributed by atoms with E-state index in [9.17, 15) is 9.59 Å². The van der Waals surface area contributed by atoms with Gasteiger partial charge in [0.15, 0.2) is 5.78 Å². The molecule has 3 heterocycles. The molecule has 264 valence electrons. The number of amides is 2. The Morgan fingerprint density at radius 3 is 2.18 bits per heavy atom. The molecule has 1 saturated heterocycles. The fourth-order valence-corrected chi connectivity index (χ4v) is 6.62. The number of hydrogen-bond acceptors (Lipinski definition) is 7. The third-order valence-electron chi connectivity index (χ3n) is 9.45. The molecule has 5 aromatic rings. The molecule has 3 aromatic carbocycles. The van der Waals surface area contributed by atoms with Crippen LogP contribution in [0, 0.1) is 26.7 Å². The summed E-state index contributed by atoms with van der Waals surface area (Å²) in [6.45, 7) is 14.0. The van der Waals surface area contributed by atoms with E-state index in [1.54, 1.807) is 4.68 Å². The summed E-state index contributed by atoms with van der Waals surface area (Å²) < 4.78 is 1.76. The Morgan fingerprint density at radius 2 is 1.53 bits per heavy atom. The van der Waals surface area contributed by atoms with E-state index in [-0.39, 0.29) is 23.0 Å². The number of carbonyl (C=O) groups excluding carboxylic acids is 2. The summed E-state index contributed by atoms with van der Waals surface area (Å²) >= 11 is 0. The lowest BCUT2D eigenvalue weighted by Crippen LogP contribution is -2.33. The van der Waals surface area contributed by atoms with Crippen molar-refractivity contribution in [2.24, 2.45) is 5.92 Å². The zero-order valence-corrected chi connectivity index (χ0v) is 30.6. The molecule has 1 aliphatic heterocycles. The molecule has 10 nitrogen and oxygen atoms in total. The topological polar surface area (TPSA) is 117 Å². The Labute approximate surface area is 300 Å². The molecule has 2 amide bonds. The van der Waals surface area contributed by atoms with Crippen LogP contribution in [0.1, 0.15) is 78.1 Å². The molecule has 0 spiro atoms. The number of urea groups is 1. The van der Waals surface area contributed by atoms with E-state index < -0.39 is 6.03 Å². The molecule has 1 unspecified atom stereocenters. The molecule has 1 atom stereocenters. The second kappa shape index (κ2) is 14.9. The Balaban J connectivity index is 1.23. The summed E-state index contributed by atoms with van der Waals surface area (Å²) in [5, 5.41) is 14.3. The number of piperidine rings is 1. The third kappa shape index (κ3) is 8.35. The normalized spacial score (nSPS) is 14.2. The predicted octanol–water partition coefficient (Wildman–Crippen LogP) is 8.26. The van der Waals surface area contributed by atoms with Crippen molar-refractivity contribution in [2.45, 2.75) is 65.7 Å². The minimum Gasteiger partial charge on any atom is -0.317 e. The van der Waals surface area contributed by atoms with E-state index in [4.69, 9.17) is 5.10 Å². The summed E-state index contributed by atoms with van der Waals surface area (Å²) in [7, 11) is 1.93. The summed E-state index contributed by atoms with van der Waals surface area (Å²) in [5.74, 6) is 1.05. The lowest BCUT2D eigenvalue weighted by Gasteiger charge is -2.30. The van der Waals surface area contributed by atoms with Crippen molar-refractivity contribution >= 4 is 35.0 Å². The maximum absolute atomic E-state index is 14.4. The van der Waals surface area contributed by atoms with Gasteiger partial charge >= 0.3 is 6.03 Å². The highest BCUT2D eigenvalue weighted by Gasteiger charge is 2.32.